The molecule has 5 atom stereocenters. The van der Waals surface area contributed by atoms with Crippen LogP contribution in [0.25, 0.3) is 0 Å². The molecule has 3 aliphatic rings. The zero-order valence-corrected chi connectivity index (χ0v) is 11.6. The second-order valence-corrected chi connectivity index (χ2v) is 6.91. The molecule has 1 aliphatic heterocycles. The first-order valence-electron chi connectivity index (χ1n) is 7.86. The van der Waals surface area contributed by atoms with Gasteiger partial charge in [0.15, 0.2) is 5.82 Å². The van der Waals surface area contributed by atoms with Crippen molar-refractivity contribution in [1.82, 2.24) is 15.5 Å². The van der Waals surface area contributed by atoms with Crippen LogP contribution in [0.3, 0.4) is 0 Å². The van der Waals surface area contributed by atoms with Crippen LogP contribution in [0.4, 0.5) is 0 Å². The SMILES string of the molecule is CC1CCNC(c2nc(C3CC4CCC3C4)no2)C1. The lowest BCUT2D eigenvalue weighted by Crippen LogP contribution is -2.31. The molecule has 4 rings (SSSR count). The fraction of sp³-hybridized carbons (Fsp3) is 0.867. The molecule has 19 heavy (non-hydrogen) atoms. The molecule has 0 spiro atoms. The Hall–Kier alpha value is -0.900. The summed E-state index contributed by atoms with van der Waals surface area (Å²) in [5.41, 5.74) is 0. The summed E-state index contributed by atoms with van der Waals surface area (Å²) in [7, 11) is 0. The molecule has 0 radical (unpaired) electrons. The summed E-state index contributed by atoms with van der Waals surface area (Å²) in [6, 6.07) is 0.281. The summed E-state index contributed by atoms with van der Waals surface area (Å²) in [5, 5.41) is 7.80. The van der Waals surface area contributed by atoms with Gasteiger partial charge in [0.25, 0.3) is 0 Å². The Labute approximate surface area is 114 Å². The second-order valence-electron chi connectivity index (χ2n) is 6.91. The van der Waals surface area contributed by atoms with Crippen LogP contribution in [0, 0.1) is 17.8 Å². The van der Waals surface area contributed by atoms with Crippen molar-refractivity contribution in [3.8, 4) is 0 Å². The number of nitrogens with one attached hydrogen (secondary N) is 1. The third-order valence-electron chi connectivity index (χ3n) is 5.49. The van der Waals surface area contributed by atoms with Crippen molar-refractivity contribution >= 4 is 0 Å². The highest BCUT2D eigenvalue weighted by Crippen LogP contribution is 2.52. The number of rotatable bonds is 2. The van der Waals surface area contributed by atoms with Crippen LogP contribution in [0.5, 0.6) is 0 Å². The molecular formula is C15H23N3O. The quantitative estimate of drug-likeness (QED) is 0.889. The minimum atomic E-state index is 0.281. The van der Waals surface area contributed by atoms with Gasteiger partial charge in [0.05, 0.1) is 6.04 Å². The fourth-order valence-electron chi connectivity index (χ4n) is 4.40. The average molecular weight is 261 g/mol. The monoisotopic (exact) mass is 261 g/mol. The molecule has 104 valence electrons. The predicted octanol–water partition coefficient (Wildman–Crippen LogP) is 3.03. The zero-order chi connectivity index (χ0) is 12.8. The molecule has 1 aromatic rings. The van der Waals surface area contributed by atoms with E-state index in [2.05, 4.69) is 17.4 Å². The molecule has 2 saturated carbocycles. The van der Waals surface area contributed by atoms with E-state index in [1.54, 1.807) is 0 Å². The minimum absolute atomic E-state index is 0.281. The van der Waals surface area contributed by atoms with E-state index in [0.29, 0.717) is 5.92 Å². The Morgan fingerprint density at radius 2 is 2.11 bits per heavy atom. The van der Waals surface area contributed by atoms with Crippen molar-refractivity contribution in [2.75, 3.05) is 6.54 Å². The lowest BCUT2D eigenvalue weighted by molar-refractivity contribution is 0.258. The van der Waals surface area contributed by atoms with Crippen molar-refractivity contribution in [2.45, 2.75) is 57.4 Å². The summed E-state index contributed by atoms with van der Waals surface area (Å²) in [6.07, 6.45) is 7.86. The van der Waals surface area contributed by atoms with Crippen molar-refractivity contribution in [3.05, 3.63) is 11.7 Å². The number of nitrogens with zero attached hydrogens (tertiary/aromatic N) is 2. The van der Waals surface area contributed by atoms with Crippen LogP contribution >= 0.6 is 0 Å². The molecule has 0 amide bonds. The van der Waals surface area contributed by atoms with Gasteiger partial charge in [0, 0.05) is 5.92 Å². The predicted molar refractivity (Wildman–Crippen MR) is 71.6 cm³/mol. The van der Waals surface area contributed by atoms with E-state index >= 15 is 0 Å². The standard InChI is InChI=1S/C15H23N3O/c1-9-4-5-16-13(6-9)15-17-14(18-19-15)12-8-10-2-3-11(12)7-10/h9-13,16H,2-8H2,1H3. The normalized spacial score (nSPS) is 41.8. The van der Waals surface area contributed by atoms with E-state index in [1.165, 1.54) is 32.1 Å². The van der Waals surface area contributed by atoms with Gasteiger partial charge < -0.3 is 9.84 Å². The Balaban J connectivity index is 1.50. The van der Waals surface area contributed by atoms with Gasteiger partial charge in [-0.3, -0.25) is 0 Å². The van der Waals surface area contributed by atoms with E-state index in [4.69, 9.17) is 9.51 Å². The lowest BCUT2D eigenvalue weighted by Gasteiger charge is -2.25. The Morgan fingerprint density at radius 3 is 2.84 bits per heavy atom. The smallest absolute Gasteiger partial charge is 0.243 e. The van der Waals surface area contributed by atoms with E-state index in [1.807, 2.05) is 0 Å². The molecule has 4 nitrogen and oxygen atoms in total. The molecule has 1 N–H and O–H groups in total. The molecule has 2 heterocycles. The van der Waals surface area contributed by atoms with Gasteiger partial charge in [0.2, 0.25) is 5.89 Å². The fourth-order valence-corrected chi connectivity index (χ4v) is 4.40. The minimum Gasteiger partial charge on any atom is -0.338 e. The van der Waals surface area contributed by atoms with Gasteiger partial charge >= 0.3 is 0 Å². The van der Waals surface area contributed by atoms with Crippen LogP contribution in [-0.2, 0) is 0 Å². The van der Waals surface area contributed by atoms with E-state index in [9.17, 15) is 0 Å². The van der Waals surface area contributed by atoms with Crippen LogP contribution in [0.2, 0.25) is 0 Å². The highest BCUT2D eigenvalue weighted by Gasteiger charge is 2.42. The maximum absolute atomic E-state index is 5.55. The Bertz CT molecular complexity index is 458. The van der Waals surface area contributed by atoms with Crippen LogP contribution < -0.4 is 5.32 Å². The van der Waals surface area contributed by atoms with Crippen molar-refractivity contribution < 1.29 is 4.52 Å². The van der Waals surface area contributed by atoms with Crippen molar-refractivity contribution in [3.63, 3.8) is 0 Å². The highest BCUT2D eigenvalue weighted by molar-refractivity contribution is 5.07. The van der Waals surface area contributed by atoms with Gasteiger partial charge in [-0.25, -0.2) is 0 Å². The van der Waals surface area contributed by atoms with Crippen LogP contribution in [-0.4, -0.2) is 16.7 Å². The summed E-state index contributed by atoms with van der Waals surface area (Å²) < 4.78 is 5.55. The van der Waals surface area contributed by atoms with Crippen LogP contribution in [0.1, 0.15) is 69.1 Å². The van der Waals surface area contributed by atoms with E-state index in [-0.39, 0.29) is 6.04 Å². The Kier molecular flexibility index (Phi) is 2.87. The maximum Gasteiger partial charge on any atom is 0.243 e. The molecule has 2 bridgehead atoms. The van der Waals surface area contributed by atoms with Gasteiger partial charge in [-0.2, -0.15) is 4.98 Å². The van der Waals surface area contributed by atoms with E-state index in [0.717, 1.165) is 42.4 Å². The van der Waals surface area contributed by atoms with Crippen molar-refractivity contribution in [2.24, 2.45) is 17.8 Å². The van der Waals surface area contributed by atoms with Gasteiger partial charge in [-0.15, -0.1) is 0 Å². The van der Waals surface area contributed by atoms with Crippen LogP contribution in [0.15, 0.2) is 4.52 Å². The molecule has 1 saturated heterocycles. The third kappa shape index (κ3) is 2.10. The molecule has 3 fully saturated rings. The summed E-state index contributed by atoms with van der Waals surface area (Å²) in [6.45, 7) is 3.37. The number of hydrogen-bond acceptors (Lipinski definition) is 4. The van der Waals surface area contributed by atoms with Crippen molar-refractivity contribution in [1.29, 1.82) is 0 Å². The number of aromatic nitrogens is 2. The first kappa shape index (κ1) is 11.9. The molecule has 0 aromatic carbocycles. The van der Waals surface area contributed by atoms with Gasteiger partial charge in [-0.05, 0) is 56.4 Å². The number of fused-ring (bicyclic) bond motifs is 2. The first-order chi connectivity index (χ1) is 9.29. The summed E-state index contributed by atoms with van der Waals surface area (Å²) in [5.74, 6) is 4.91. The Morgan fingerprint density at radius 1 is 1.16 bits per heavy atom. The molecule has 1 aromatic heterocycles. The highest BCUT2D eigenvalue weighted by atomic mass is 16.5. The largest absolute Gasteiger partial charge is 0.338 e. The summed E-state index contributed by atoms with van der Waals surface area (Å²) in [4.78, 5) is 4.73. The number of hydrogen-bond donors (Lipinski definition) is 1. The maximum atomic E-state index is 5.55. The van der Waals surface area contributed by atoms with E-state index < -0.39 is 0 Å². The topological polar surface area (TPSA) is 51.0 Å². The van der Waals surface area contributed by atoms with Gasteiger partial charge in [-0.1, -0.05) is 18.5 Å². The molecule has 5 unspecified atom stereocenters. The lowest BCUT2D eigenvalue weighted by atomic mass is 9.88. The number of piperidine rings is 1. The summed E-state index contributed by atoms with van der Waals surface area (Å²) >= 11 is 0. The zero-order valence-electron chi connectivity index (χ0n) is 11.6. The average Bonchev–Trinajstić information content (AvgIpc) is 3.14. The van der Waals surface area contributed by atoms with Gasteiger partial charge in [0.1, 0.15) is 0 Å². The molecule has 2 aliphatic carbocycles. The second kappa shape index (κ2) is 4.58. The first-order valence-corrected chi connectivity index (χ1v) is 7.86. The third-order valence-corrected chi connectivity index (χ3v) is 5.49. The molecule has 4 heteroatoms. The molecular weight excluding hydrogens is 238 g/mol.